The maximum absolute atomic E-state index is 2.50. The van der Waals surface area contributed by atoms with Crippen LogP contribution < -0.4 is 0 Å². The Bertz CT molecular complexity index is 165. The Morgan fingerprint density at radius 2 is 1.58 bits per heavy atom. The highest BCUT2D eigenvalue weighted by atomic mass is 14.5. The summed E-state index contributed by atoms with van der Waals surface area (Å²) >= 11 is 0. The van der Waals surface area contributed by atoms with Gasteiger partial charge in [0.2, 0.25) is 0 Å². The Labute approximate surface area is 76.7 Å². The second kappa shape index (κ2) is 2.75. The summed E-state index contributed by atoms with van der Waals surface area (Å²) in [6, 6.07) is 0. The largest absolute Gasteiger partial charge is 0.0622 e. The molecule has 0 aromatic rings. The fourth-order valence-electron chi connectivity index (χ4n) is 3.99. The number of hydrogen-bond acceptors (Lipinski definition) is 0. The average Bonchev–Trinajstić information content (AvgIpc) is 2.57. The van der Waals surface area contributed by atoms with Crippen LogP contribution in [0.5, 0.6) is 0 Å². The van der Waals surface area contributed by atoms with Gasteiger partial charge in [-0.05, 0) is 42.4 Å². The fourth-order valence-corrected chi connectivity index (χ4v) is 3.99. The van der Waals surface area contributed by atoms with E-state index in [2.05, 4.69) is 20.8 Å². The molecular weight excluding hydrogens is 144 g/mol. The van der Waals surface area contributed by atoms with Crippen LogP contribution in [0.2, 0.25) is 0 Å². The van der Waals surface area contributed by atoms with Gasteiger partial charge in [-0.2, -0.15) is 0 Å². The summed E-state index contributed by atoms with van der Waals surface area (Å²) < 4.78 is 0. The molecule has 0 aromatic carbocycles. The lowest BCUT2D eigenvalue weighted by atomic mass is 9.71. The van der Waals surface area contributed by atoms with Crippen molar-refractivity contribution >= 4 is 0 Å². The van der Waals surface area contributed by atoms with E-state index in [0.717, 1.165) is 23.2 Å². The van der Waals surface area contributed by atoms with Gasteiger partial charge in [0.25, 0.3) is 0 Å². The van der Waals surface area contributed by atoms with Crippen molar-refractivity contribution in [1.82, 2.24) is 0 Å². The molecule has 0 N–H and O–H groups in total. The van der Waals surface area contributed by atoms with Crippen LogP contribution in [0, 0.1) is 23.2 Å². The van der Waals surface area contributed by atoms with Crippen LogP contribution >= 0.6 is 0 Å². The second-order valence-corrected chi connectivity index (χ2v) is 5.34. The van der Waals surface area contributed by atoms with Crippen LogP contribution in [0.15, 0.2) is 0 Å². The van der Waals surface area contributed by atoms with E-state index in [1.165, 1.54) is 32.1 Å². The smallest absolute Gasteiger partial charge is 0.0243 e. The quantitative estimate of drug-likeness (QED) is 0.512. The van der Waals surface area contributed by atoms with E-state index in [9.17, 15) is 0 Å². The van der Waals surface area contributed by atoms with Crippen molar-refractivity contribution in [2.24, 2.45) is 23.2 Å². The van der Waals surface area contributed by atoms with Gasteiger partial charge in [0, 0.05) is 0 Å². The first-order chi connectivity index (χ1) is 5.67. The lowest BCUT2D eigenvalue weighted by molar-refractivity contribution is 0.150. The Balaban J connectivity index is 2.22. The Kier molecular flexibility index (Phi) is 1.97. The van der Waals surface area contributed by atoms with Crippen LogP contribution in [0.25, 0.3) is 0 Å². The molecule has 3 unspecified atom stereocenters. The number of rotatable bonds is 0. The van der Waals surface area contributed by atoms with Crippen LogP contribution in [0.1, 0.15) is 52.9 Å². The molecule has 0 radical (unpaired) electrons. The van der Waals surface area contributed by atoms with Crippen molar-refractivity contribution in [2.45, 2.75) is 52.9 Å². The molecule has 2 fully saturated rings. The van der Waals surface area contributed by atoms with E-state index < -0.39 is 0 Å². The van der Waals surface area contributed by atoms with Crippen molar-refractivity contribution in [1.29, 1.82) is 0 Å². The lowest BCUT2D eigenvalue weighted by Gasteiger charge is -2.34. The average molecular weight is 166 g/mol. The van der Waals surface area contributed by atoms with Gasteiger partial charge in [-0.15, -0.1) is 0 Å². The zero-order valence-electron chi connectivity index (χ0n) is 8.77. The van der Waals surface area contributed by atoms with E-state index in [4.69, 9.17) is 0 Å². The minimum atomic E-state index is 0.777. The minimum Gasteiger partial charge on any atom is -0.0622 e. The van der Waals surface area contributed by atoms with Crippen molar-refractivity contribution in [2.75, 3.05) is 0 Å². The molecule has 70 valence electrons. The Hall–Kier alpha value is 0. The molecule has 0 nitrogen and oxygen atoms in total. The maximum Gasteiger partial charge on any atom is -0.0243 e. The molecule has 3 atom stereocenters. The molecule has 0 aromatic heterocycles. The maximum atomic E-state index is 2.50. The predicted octanol–water partition coefficient (Wildman–Crippen LogP) is 3.86. The predicted molar refractivity (Wildman–Crippen MR) is 53.0 cm³/mol. The van der Waals surface area contributed by atoms with E-state index in [1.807, 2.05) is 0 Å². The van der Waals surface area contributed by atoms with Crippen LogP contribution in [-0.4, -0.2) is 0 Å². The first kappa shape index (κ1) is 8.59. The van der Waals surface area contributed by atoms with E-state index in [-0.39, 0.29) is 0 Å². The third-order valence-corrected chi connectivity index (χ3v) is 5.00. The topological polar surface area (TPSA) is 0 Å². The molecule has 0 heteroatoms. The highest BCUT2D eigenvalue weighted by Crippen LogP contribution is 2.59. The monoisotopic (exact) mass is 166 g/mol. The van der Waals surface area contributed by atoms with Gasteiger partial charge in [0.15, 0.2) is 0 Å². The third kappa shape index (κ3) is 0.963. The molecule has 0 amide bonds. The summed E-state index contributed by atoms with van der Waals surface area (Å²) in [5, 5.41) is 0. The SMILES string of the molecule is CC1CC(C)C2(CCCC2)C1C. The van der Waals surface area contributed by atoms with Crippen LogP contribution in [0.4, 0.5) is 0 Å². The van der Waals surface area contributed by atoms with Gasteiger partial charge < -0.3 is 0 Å². The lowest BCUT2D eigenvalue weighted by Crippen LogP contribution is -2.26. The molecule has 1 spiro atoms. The standard InChI is InChI=1S/C12H22/c1-9-8-10(2)12(11(9)3)6-4-5-7-12/h9-11H,4-8H2,1-3H3. The zero-order chi connectivity index (χ0) is 8.77. The molecule has 2 aliphatic carbocycles. The normalized spacial score (nSPS) is 45.8. The van der Waals surface area contributed by atoms with E-state index in [1.54, 1.807) is 0 Å². The fraction of sp³-hybridized carbons (Fsp3) is 1.00. The van der Waals surface area contributed by atoms with Crippen LogP contribution in [-0.2, 0) is 0 Å². The summed E-state index contributed by atoms with van der Waals surface area (Å²) in [6.07, 6.45) is 7.54. The minimum absolute atomic E-state index is 0.777. The molecule has 2 rings (SSSR count). The summed E-state index contributed by atoms with van der Waals surface area (Å²) in [6.45, 7) is 7.44. The van der Waals surface area contributed by atoms with Gasteiger partial charge in [0.1, 0.15) is 0 Å². The Morgan fingerprint density at radius 1 is 1.00 bits per heavy atom. The molecule has 0 saturated heterocycles. The Morgan fingerprint density at radius 3 is 2.00 bits per heavy atom. The summed E-state index contributed by atoms with van der Waals surface area (Å²) in [5.74, 6) is 2.98. The summed E-state index contributed by atoms with van der Waals surface area (Å²) in [7, 11) is 0. The molecule has 12 heavy (non-hydrogen) atoms. The highest BCUT2D eigenvalue weighted by Gasteiger charge is 2.49. The molecular formula is C12H22. The first-order valence-corrected chi connectivity index (χ1v) is 5.67. The second-order valence-electron chi connectivity index (χ2n) is 5.34. The first-order valence-electron chi connectivity index (χ1n) is 5.67. The molecule has 0 aliphatic heterocycles. The molecule has 0 bridgehead atoms. The summed E-state index contributed by atoms with van der Waals surface area (Å²) in [5.41, 5.74) is 0.777. The zero-order valence-corrected chi connectivity index (χ0v) is 8.77. The van der Waals surface area contributed by atoms with E-state index in [0.29, 0.717) is 0 Å². The van der Waals surface area contributed by atoms with Crippen molar-refractivity contribution in [3.8, 4) is 0 Å². The molecule has 0 heterocycles. The third-order valence-electron chi connectivity index (χ3n) is 5.00. The van der Waals surface area contributed by atoms with Crippen molar-refractivity contribution in [3.05, 3.63) is 0 Å². The van der Waals surface area contributed by atoms with Gasteiger partial charge in [-0.1, -0.05) is 33.6 Å². The molecule has 2 saturated carbocycles. The van der Waals surface area contributed by atoms with Gasteiger partial charge in [-0.3, -0.25) is 0 Å². The van der Waals surface area contributed by atoms with Gasteiger partial charge in [0.05, 0.1) is 0 Å². The van der Waals surface area contributed by atoms with Gasteiger partial charge >= 0.3 is 0 Å². The van der Waals surface area contributed by atoms with Crippen molar-refractivity contribution in [3.63, 3.8) is 0 Å². The number of hydrogen-bond donors (Lipinski definition) is 0. The highest BCUT2D eigenvalue weighted by molar-refractivity contribution is 4.99. The van der Waals surface area contributed by atoms with E-state index >= 15 is 0 Å². The van der Waals surface area contributed by atoms with Crippen LogP contribution in [0.3, 0.4) is 0 Å². The van der Waals surface area contributed by atoms with Crippen molar-refractivity contribution < 1.29 is 0 Å². The summed E-state index contributed by atoms with van der Waals surface area (Å²) in [4.78, 5) is 0. The molecule has 2 aliphatic rings. The van der Waals surface area contributed by atoms with Gasteiger partial charge in [-0.25, -0.2) is 0 Å².